The molecule has 0 bridgehead atoms. The largest absolute Gasteiger partial charge is 0.496 e. The lowest BCUT2D eigenvalue weighted by Gasteiger charge is -2.57. The molecular formula is C27H34N2O4. The first-order valence-corrected chi connectivity index (χ1v) is 11.5. The smallest absolute Gasteiger partial charge is 0.162 e. The number of aromatic nitrogens is 1. The van der Waals surface area contributed by atoms with Crippen molar-refractivity contribution >= 4 is 0 Å². The molecule has 2 aromatic carbocycles. The van der Waals surface area contributed by atoms with Crippen molar-refractivity contribution in [2.24, 2.45) is 11.3 Å². The molecule has 1 aromatic heterocycles. The first-order valence-electron chi connectivity index (χ1n) is 11.5. The van der Waals surface area contributed by atoms with Crippen molar-refractivity contribution < 1.29 is 19.1 Å². The van der Waals surface area contributed by atoms with Crippen molar-refractivity contribution in [3.05, 3.63) is 77.2 Å². The van der Waals surface area contributed by atoms with Gasteiger partial charge in [0.25, 0.3) is 0 Å². The number of nitrogens with zero attached hydrogens (tertiary/aromatic N) is 2. The maximum absolute atomic E-state index is 9.28. The zero-order valence-electron chi connectivity index (χ0n) is 20.0. The summed E-state index contributed by atoms with van der Waals surface area (Å²) >= 11 is 0. The van der Waals surface area contributed by atoms with Crippen LogP contribution in [0, 0.1) is 11.3 Å². The quantitative estimate of drug-likeness (QED) is 0.477. The van der Waals surface area contributed by atoms with E-state index >= 15 is 0 Å². The lowest BCUT2D eigenvalue weighted by atomic mass is 9.56. The molecule has 0 spiro atoms. The SMILES string of the molecule is COc1ccccc1CN(Cc1ccccc1OC)[C@H]1C[C@@H](Cc2cc(CO)on2)C1(C)C. The molecule has 6 heteroatoms. The van der Waals surface area contributed by atoms with Gasteiger partial charge in [-0.15, -0.1) is 0 Å². The first kappa shape index (κ1) is 23.3. The number of benzene rings is 2. The van der Waals surface area contributed by atoms with Crippen LogP contribution in [0.5, 0.6) is 11.5 Å². The second-order valence-electron chi connectivity index (χ2n) is 9.45. The lowest BCUT2D eigenvalue weighted by Crippen LogP contribution is -2.58. The fourth-order valence-electron chi connectivity index (χ4n) is 5.11. The second kappa shape index (κ2) is 9.98. The summed E-state index contributed by atoms with van der Waals surface area (Å²) in [5, 5.41) is 13.4. The van der Waals surface area contributed by atoms with Gasteiger partial charge in [-0.05, 0) is 36.3 Å². The van der Waals surface area contributed by atoms with Crippen LogP contribution in [0.1, 0.15) is 42.8 Å². The van der Waals surface area contributed by atoms with Crippen molar-refractivity contribution in [1.82, 2.24) is 10.1 Å². The van der Waals surface area contributed by atoms with Gasteiger partial charge in [0.15, 0.2) is 5.76 Å². The lowest BCUT2D eigenvalue weighted by molar-refractivity contribution is -0.0715. The summed E-state index contributed by atoms with van der Waals surface area (Å²) in [6, 6.07) is 18.7. The Kier molecular flexibility index (Phi) is 7.05. The maximum atomic E-state index is 9.28. The van der Waals surface area contributed by atoms with E-state index in [9.17, 15) is 5.11 Å². The molecular weight excluding hydrogens is 416 g/mol. The molecule has 6 nitrogen and oxygen atoms in total. The Morgan fingerprint density at radius 1 is 1.00 bits per heavy atom. The summed E-state index contributed by atoms with van der Waals surface area (Å²) in [6.45, 7) is 6.16. The molecule has 176 valence electrons. The highest BCUT2D eigenvalue weighted by Gasteiger charge is 2.50. The van der Waals surface area contributed by atoms with Crippen LogP contribution >= 0.6 is 0 Å². The summed E-state index contributed by atoms with van der Waals surface area (Å²) in [4.78, 5) is 2.55. The molecule has 1 fully saturated rings. The predicted octanol–water partition coefficient (Wildman–Crippen LogP) is 4.84. The van der Waals surface area contributed by atoms with E-state index in [0.29, 0.717) is 17.7 Å². The minimum atomic E-state index is -0.116. The van der Waals surface area contributed by atoms with Gasteiger partial charge >= 0.3 is 0 Å². The molecule has 4 rings (SSSR count). The Balaban J connectivity index is 1.57. The molecule has 0 saturated heterocycles. The second-order valence-corrected chi connectivity index (χ2v) is 9.45. The van der Waals surface area contributed by atoms with Crippen LogP contribution in [0.2, 0.25) is 0 Å². The summed E-state index contributed by atoms with van der Waals surface area (Å²) in [5.74, 6) is 2.83. The molecule has 0 radical (unpaired) electrons. The number of hydrogen-bond acceptors (Lipinski definition) is 6. The minimum absolute atomic E-state index is 0.0857. The third-order valence-electron chi connectivity index (χ3n) is 7.21. The summed E-state index contributed by atoms with van der Waals surface area (Å²) < 4.78 is 16.5. The average Bonchev–Trinajstić information content (AvgIpc) is 3.30. The molecule has 1 N–H and O–H groups in total. The summed E-state index contributed by atoms with van der Waals surface area (Å²) in [7, 11) is 3.45. The van der Waals surface area contributed by atoms with E-state index in [1.807, 2.05) is 30.3 Å². The molecule has 3 aromatic rings. The molecule has 2 atom stereocenters. The average molecular weight is 451 g/mol. The number of hydrogen-bond donors (Lipinski definition) is 1. The molecule has 1 aliphatic rings. The number of rotatable bonds is 10. The van der Waals surface area contributed by atoms with E-state index in [4.69, 9.17) is 14.0 Å². The first-order chi connectivity index (χ1) is 16.0. The highest BCUT2D eigenvalue weighted by atomic mass is 16.5. The van der Waals surface area contributed by atoms with Crippen LogP contribution in [0.25, 0.3) is 0 Å². The van der Waals surface area contributed by atoms with Crippen LogP contribution in [-0.4, -0.2) is 35.4 Å². The molecule has 1 aliphatic carbocycles. The van der Waals surface area contributed by atoms with Crippen LogP contribution < -0.4 is 9.47 Å². The minimum Gasteiger partial charge on any atom is -0.496 e. The van der Waals surface area contributed by atoms with Crippen LogP contribution in [0.15, 0.2) is 59.1 Å². The van der Waals surface area contributed by atoms with Crippen molar-refractivity contribution in [3.63, 3.8) is 0 Å². The van der Waals surface area contributed by atoms with E-state index in [-0.39, 0.29) is 12.0 Å². The highest BCUT2D eigenvalue weighted by molar-refractivity contribution is 5.35. The van der Waals surface area contributed by atoms with Gasteiger partial charge in [0.2, 0.25) is 0 Å². The Morgan fingerprint density at radius 2 is 1.58 bits per heavy atom. The Labute approximate surface area is 196 Å². The van der Waals surface area contributed by atoms with Gasteiger partial charge < -0.3 is 19.1 Å². The Bertz CT molecular complexity index is 1010. The molecule has 1 heterocycles. The molecule has 1 saturated carbocycles. The zero-order valence-corrected chi connectivity index (χ0v) is 20.0. The van der Waals surface area contributed by atoms with E-state index in [2.05, 4.69) is 48.2 Å². The van der Waals surface area contributed by atoms with Crippen LogP contribution in [0.4, 0.5) is 0 Å². The van der Waals surface area contributed by atoms with E-state index in [1.54, 1.807) is 14.2 Å². The molecule has 0 amide bonds. The highest BCUT2D eigenvalue weighted by Crippen LogP contribution is 2.51. The standard InChI is InChI=1S/C27H34N2O4/c1-27(2)21(13-22-15-23(18-30)33-28-22)14-26(27)29(16-19-9-5-7-11-24(19)31-3)17-20-10-6-8-12-25(20)32-4/h5-12,15,21,26,30H,13-14,16-18H2,1-4H3/t21-,26+/m1/s1. The molecule has 0 unspecified atom stereocenters. The fraction of sp³-hybridized carbons (Fsp3) is 0.444. The normalized spacial score (nSPS) is 19.3. The number of aliphatic hydroxyl groups excluding tert-OH is 1. The topological polar surface area (TPSA) is 68.0 Å². The van der Waals surface area contributed by atoms with E-state index in [0.717, 1.165) is 43.1 Å². The van der Waals surface area contributed by atoms with Crippen molar-refractivity contribution in [3.8, 4) is 11.5 Å². The predicted molar refractivity (Wildman–Crippen MR) is 127 cm³/mol. The van der Waals surface area contributed by atoms with E-state index in [1.165, 1.54) is 11.1 Å². The number of ether oxygens (including phenoxy) is 2. The monoisotopic (exact) mass is 450 g/mol. The molecule has 0 aliphatic heterocycles. The van der Waals surface area contributed by atoms with E-state index < -0.39 is 0 Å². The van der Waals surface area contributed by atoms with Gasteiger partial charge in [0, 0.05) is 36.3 Å². The van der Waals surface area contributed by atoms with Gasteiger partial charge in [-0.25, -0.2) is 0 Å². The summed E-state index contributed by atoms with van der Waals surface area (Å²) in [6.07, 6.45) is 1.92. The molecule has 33 heavy (non-hydrogen) atoms. The zero-order chi connectivity index (χ0) is 23.4. The van der Waals surface area contributed by atoms with Crippen LogP contribution in [0.3, 0.4) is 0 Å². The third kappa shape index (κ3) is 4.92. The van der Waals surface area contributed by atoms with Crippen molar-refractivity contribution in [2.45, 2.75) is 52.4 Å². The number of para-hydroxylation sites is 2. The van der Waals surface area contributed by atoms with Gasteiger partial charge in [0.1, 0.15) is 18.1 Å². The van der Waals surface area contributed by atoms with Gasteiger partial charge in [0.05, 0.1) is 19.9 Å². The summed E-state index contributed by atoms with van der Waals surface area (Å²) in [5.41, 5.74) is 3.36. The van der Waals surface area contributed by atoms with Crippen molar-refractivity contribution in [2.75, 3.05) is 14.2 Å². The van der Waals surface area contributed by atoms with Gasteiger partial charge in [-0.3, -0.25) is 4.90 Å². The Morgan fingerprint density at radius 3 is 2.06 bits per heavy atom. The van der Waals surface area contributed by atoms with Crippen molar-refractivity contribution in [1.29, 1.82) is 0 Å². The number of methoxy groups -OCH3 is 2. The van der Waals surface area contributed by atoms with Crippen LogP contribution in [-0.2, 0) is 26.1 Å². The van der Waals surface area contributed by atoms with Gasteiger partial charge in [-0.2, -0.15) is 0 Å². The Hall–Kier alpha value is -2.83. The fourth-order valence-corrected chi connectivity index (χ4v) is 5.11. The maximum Gasteiger partial charge on any atom is 0.162 e. The third-order valence-corrected chi connectivity index (χ3v) is 7.21. The number of aliphatic hydroxyl groups is 1. The van der Waals surface area contributed by atoms with Gasteiger partial charge in [-0.1, -0.05) is 55.4 Å².